The number of hydrogen-bond acceptors (Lipinski definition) is 3. The summed E-state index contributed by atoms with van der Waals surface area (Å²) in [6, 6.07) is 10.0. The van der Waals surface area contributed by atoms with Gasteiger partial charge in [-0.05, 0) is 18.6 Å². The summed E-state index contributed by atoms with van der Waals surface area (Å²) >= 11 is 0. The van der Waals surface area contributed by atoms with Crippen LogP contribution < -0.4 is 10.6 Å². The average Bonchev–Trinajstić information content (AvgIpc) is 2.35. The maximum absolute atomic E-state index is 8.59. The van der Waals surface area contributed by atoms with Crippen molar-refractivity contribution in [1.29, 1.82) is 0 Å². The van der Waals surface area contributed by atoms with Crippen molar-refractivity contribution in [3.63, 3.8) is 0 Å². The van der Waals surface area contributed by atoms with Crippen LogP contribution in [0.15, 0.2) is 35.5 Å². The topological polar surface area (TPSA) is 61.8 Å². The molecule has 0 unspecified atom stereocenters. The highest BCUT2D eigenvalue weighted by molar-refractivity contribution is 5.84. The molecule has 0 aromatic heterocycles. The maximum atomic E-state index is 8.59. The standard InChI is InChI=1S/C12H19N3O/c1-2-3-9-15(10-12(13)14-16)11-7-5-4-6-8-11/h4-8,16H,2-3,9-10H2,1H3,(H2,13,14). The van der Waals surface area contributed by atoms with E-state index in [1.807, 2.05) is 30.3 Å². The lowest BCUT2D eigenvalue weighted by Gasteiger charge is -2.23. The Kier molecular flexibility index (Phi) is 5.19. The van der Waals surface area contributed by atoms with E-state index in [0.29, 0.717) is 6.54 Å². The second kappa shape index (κ2) is 6.71. The van der Waals surface area contributed by atoms with Gasteiger partial charge in [0.1, 0.15) is 0 Å². The SMILES string of the molecule is CCCCN(CC(N)=NO)c1ccccc1. The molecule has 1 aromatic carbocycles. The van der Waals surface area contributed by atoms with Crippen molar-refractivity contribution < 1.29 is 5.21 Å². The molecule has 88 valence electrons. The predicted molar refractivity (Wildman–Crippen MR) is 67.0 cm³/mol. The zero-order chi connectivity index (χ0) is 11.8. The third-order valence-corrected chi connectivity index (χ3v) is 2.38. The van der Waals surface area contributed by atoms with Crippen molar-refractivity contribution in [3.05, 3.63) is 30.3 Å². The highest BCUT2D eigenvalue weighted by Crippen LogP contribution is 2.13. The molecule has 3 N–H and O–H groups in total. The number of unbranched alkanes of at least 4 members (excludes halogenated alkanes) is 1. The van der Waals surface area contributed by atoms with E-state index in [1.54, 1.807) is 0 Å². The molecule has 16 heavy (non-hydrogen) atoms. The van der Waals surface area contributed by atoms with Gasteiger partial charge in [0.15, 0.2) is 5.84 Å². The average molecular weight is 221 g/mol. The molecule has 1 rings (SSSR count). The summed E-state index contributed by atoms with van der Waals surface area (Å²) in [5, 5.41) is 11.6. The Balaban J connectivity index is 2.71. The largest absolute Gasteiger partial charge is 0.409 e. The predicted octanol–water partition coefficient (Wildman–Crippen LogP) is 2.04. The Morgan fingerprint density at radius 3 is 2.62 bits per heavy atom. The Labute approximate surface area is 96.4 Å². The van der Waals surface area contributed by atoms with Gasteiger partial charge in [0.25, 0.3) is 0 Å². The molecule has 4 nitrogen and oxygen atoms in total. The van der Waals surface area contributed by atoms with E-state index >= 15 is 0 Å². The molecule has 0 amide bonds. The van der Waals surface area contributed by atoms with Gasteiger partial charge in [-0.2, -0.15) is 0 Å². The summed E-state index contributed by atoms with van der Waals surface area (Å²) in [5.74, 6) is 0.236. The molecule has 0 radical (unpaired) electrons. The van der Waals surface area contributed by atoms with Gasteiger partial charge in [-0.15, -0.1) is 0 Å². The molecule has 0 heterocycles. The van der Waals surface area contributed by atoms with Crippen LogP contribution in [0.2, 0.25) is 0 Å². The molecule has 0 aliphatic heterocycles. The molecule has 0 atom stereocenters. The van der Waals surface area contributed by atoms with Gasteiger partial charge < -0.3 is 15.8 Å². The van der Waals surface area contributed by atoms with Crippen LogP contribution in [0.4, 0.5) is 5.69 Å². The summed E-state index contributed by atoms with van der Waals surface area (Å²) < 4.78 is 0. The molecule has 0 aliphatic carbocycles. The van der Waals surface area contributed by atoms with Crippen LogP contribution >= 0.6 is 0 Å². The van der Waals surface area contributed by atoms with Gasteiger partial charge in [-0.3, -0.25) is 0 Å². The second-order valence-corrected chi connectivity index (χ2v) is 3.70. The number of para-hydroxylation sites is 1. The van der Waals surface area contributed by atoms with E-state index in [4.69, 9.17) is 10.9 Å². The Morgan fingerprint density at radius 1 is 1.38 bits per heavy atom. The smallest absolute Gasteiger partial charge is 0.158 e. The number of nitrogens with two attached hydrogens (primary N) is 1. The quantitative estimate of drug-likeness (QED) is 0.334. The fraction of sp³-hybridized carbons (Fsp3) is 0.417. The summed E-state index contributed by atoms with van der Waals surface area (Å²) in [4.78, 5) is 2.11. The monoisotopic (exact) mass is 221 g/mol. The Morgan fingerprint density at radius 2 is 2.06 bits per heavy atom. The number of hydrogen-bond donors (Lipinski definition) is 2. The van der Waals surface area contributed by atoms with Crippen LogP contribution in [-0.4, -0.2) is 24.1 Å². The van der Waals surface area contributed by atoms with Gasteiger partial charge in [-0.25, -0.2) is 0 Å². The minimum atomic E-state index is 0.236. The van der Waals surface area contributed by atoms with Crippen LogP contribution in [0.25, 0.3) is 0 Å². The van der Waals surface area contributed by atoms with Crippen molar-refractivity contribution in [2.24, 2.45) is 10.9 Å². The lowest BCUT2D eigenvalue weighted by Crippen LogP contribution is -2.34. The van der Waals surface area contributed by atoms with Gasteiger partial charge in [0, 0.05) is 12.2 Å². The molecule has 0 saturated carbocycles. The molecule has 0 saturated heterocycles. The van der Waals surface area contributed by atoms with Gasteiger partial charge in [0.2, 0.25) is 0 Å². The number of benzene rings is 1. The Hall–Kier alpha value is -1.71. The highest BCUT2D eigenvalue weighted by Gasteiger charge is 2.07. The van der Waals surface area contributed by atoms with E-state index in [-0.39, 0.29) is 5.84 Å². The van der Waals surface area contributed by atoms with Crippen LogP contribution in [-0.2, 0) is 0 Å². The van der Waals surface area contributed by atoms with Crippen LogP contribution in [0.1, 0.15) is 19.8 Å². The fourth-order valence-corrected chi connectivity index (χ4v) is 1.51. The third kappa shape index (κ3) is 3.81. The first-order chi connectivity index (χ1) is 7.77. The van der Waals surface area contributed by atoms with Crippen LogP contribution in [0, 0.1) is 0 Å². The molecule has 0 spiro atoms. The minimum Gasteiger partial charge on any atom is -0.409 e. The van der Waals surface area contributed by atoms with E-state index in [9.17, 15) is 0 Å². The molecule has 4 heteroatoms. The normalized spacial score (nSPS) is 11.4. The van der Waals surface area contributed by atoms with Crippen molar-refractivity contribution in [1.82, 2.24) is 0 Å². The van der Waals surface area contributed by atoms with E-state index in [1.165, 1.54) is 0 Å². The summed E-state index contributed by atoms with van der Waals surface area (Å²) in [5.41, 5.74) is 6.64. The number of nitrogens with zero attached hydrogens (tertiary/aromatic N) is 2. The van der Waals surface area contributed by atoms with Crippen molar-refractivity contribution in [3.8, 4) is 0 Å². The van der Waals surface area contributed by atoms with E-state index in [2.05, 4.69) is 17.0 Å². The number of oxime groups is 1. The summed E-state index contributed by atoms with van der Waals surface area (Å²) in [6.45, 7) is 3.52. The second-order valence-electron chi connectivity index (χ2n) is 3.70. The fourth-order valence-electron chi connectivity index (χ4n) is 1.51. The third-order valence-electron chi connectivity index (χ3n) is 2.38. The van der Waals surface area contributed by atoms with Crippen LogP contribution in [0.5, 0.6) is 0 Å². The minimum absolute atomic E-state index is 0.236. The molecular formula is C12H19N3O. The molecular weight excluding hydrogens is 202 g/mol. The molecule has 1 aromatic rings. The van der Waals surface area contributed by atoms with Crippen molar-refractivity contribution in [2.75, 3.05) is 18.0 Å². The number of rotatable bonds is 6. The zero-order valence-corrected chi connectivity index (χ0v) is 9.63. The first-order valence-corrected chi connectivity index (χ1v) is 5.54. The molecule has 0 fully saturated rings. The number of anilines is 1. The van der Waals surface area contributed by atoms with Gasteiger partial charge >= 0.3 is 0 Å². The lowest BCUT2D eigenvalue weighted by molar-refractivity contribution is 0.317. The van der Waals surface area contributed by atoms with E-state index in [0.717, 1.165) is 25.1 Å². The van der Waals surface area contributed by atoms with Gasteiger partial charge in [-0.1, -0.05) is 36.7 Å². The van der Waals surface area contributed by atoms with Crippen molar-refractivity contribution >= 4 is 11.5 Å². The molecule has 0 bridgehead atoms. The summed E-state index contributed by atoms with van der Waals surface area (Å²) in [6.07, 6.45) is 2.22. The first kappa shape index (κ1) is 12.4. The van der Waals surface area contributed by atoms with Gasteiger partial charge in [0.05, 0.1) is 6.54 Å². The first-order valence-electron chi connectivity index (χ1n) is 5.54. The van der Waals surface area contributed by atoms with Crippen molar-refractivity contribution in [2.45, 2.75) is 19.8 Å². The maximum Gasteiger partial charge on any atom is 0.158 e. The summed E-state index contributed by atoms with van der Waals surface area (Å²) in [7, 11) is 0. The van der Waals surface area contributed by atoms with E-state index < -0.39 is 0 Å². The zero-order valence-electron chi connectivity index (χ0n) is 9.63. The Bertz CT molecular complexity index is 324. The molecule has 0 aliphatic rings. The lowest BCUT2D eigenvalue weighted by atomic mass is 10.2. The van der Waals surface area contributed by atoms with Crippen LogP contribution in [0.3, 0.4) is 0 Å². The number of amidine groups is 1. The highest BCUT2D eigenvalue weighted by atomic mass is 16.4.